The Kier molecular flexibility index (Phi) is 5.62. The first kappa shape index (κ1) is 20.4. The van der Waals surface area contributed by atoms with Crippen LogP contribution in [0.25, 0.3) is 0 Å². The van der Waals surface area contributed by atoms with Gasteiger partial charge in [-0.15, -0.1) is 11.3 Å². The standard InChI is InChI=1S/C22H24N6OS2/c1-12(2)17-11-23-21(31-17)27-20-25-18(13-3-4-13)26-22(28-20)30-16-9-7-15(8-10-16)24-19(29)14-5-6-14/h7-14H,3-6H2,1-2H3,(H,24,29)(H,23,25,26,27,28). The lowest BCUT2D eigenvalue weighted by Gasteiger charge is -2.08. The molecule has 0 unspecified atom stereocenters. The number of rotatable bonds is 8. The van der Waals surface area contributed by atoms with Crippen molar-refractivity contribution < 1.29 is 4.79 Å². The van der Waals surface area contributed by atoms with Crippen LogP contribution < -0.4 is 10.6 Å². The molecular weight excluding hydrogens is 428 g/mol. The van der Waals surface area contributed by atoms with Gasteiger partial charge in [-0.3, -0.25) is 10.1 Å². The van der Waals surface area contributed by atoms with Gasteiger partial charge in [0.2, 0.25) is 11.9 Å². The van der Waals surface area contributed by atoms with Gasteiger partial charge in [-0.1, -0.05) is 13.8 Å². The molecule has 0 spiro atoms. The fraction of sp³-hybridized carbons (Fsp3) is 0.409. The second-order valence-electron chi connectivity index (χ2n) is 8.31. The lowest BCUT2D eigenvalue weighted by atomic mass is 10.2. The van der Waals surface area contributed by atoms with Crippen molar-refractivity contribution >= 4 is 45.8 Å². The molecule has 7 nitrogen and oxygen atoms in total. The van der Waals surface area contributed by atoms with Crippen LogP contribution >= 0.6 is 23.1 Å². The Morgan fingerprint density at radius 1 is 1.10 bits per heavy atom. The number of benzene rings is 1. The molecule has 2 fully saturated rings. The van der Waals surface area contributed by atoms with E-state index in [0.29, 0.717) is 22.9 Å². The number of carbonyl (C=O) groups is 1. The predicted octanol–water partition coefficient (Wildman–Crippen LogP) is 5.57. The number of nitrogens with one attached hydrogen (secondary N) is 2. The Morgan fingerprint density at radius 2 is 1.87 bits per heavy atom. The average molecular weight is 453 g/mol. The van der Waals surface area contributed by atoms with E-state index < -0.39 is 0 Å². The van der Waals surface area contributed by atoms with Crippen molar-refractivity contribution in [3.63, 3.8) is 0 Å². The minimum absolute atomic E-state index is 0.116. The minimum atomic E-state index is 0.116. The molecule has 31 heavy (non-hydrogen) atoms. The summed E-state index contributed by atoms with van der Waals surface area (Å²) in [6.07, 6.45) is 6.15. The minimum Gasteiger partial charge on any atom is -0.326 e. The summed E-state index contributed by atoms with van der Waals surface area (Å²) in [4.78, 5) is 32.5. The van der Waals surface area contributed by atoms with E-state index in [2.05, 4.69) is 44.4 Å². The number of aromatic nitrogens is 4. The van der Waals surface area contributed by atoms with Gasteiger partial charge in [0, 0.05) is 33.5 Å². The third-order valence-corrected chi connectivity index (χ3v) is 7.25. The molecule has 3 aromatic rings. The number of thiazole rings is 1. The molecule has 9 heteroatoms. The fourth-order valence-electron chi connectivity index (χ4n) is 3.01. The summed E-state index contributed by atoms with van der Waals surface area (Å²) in [5.74, 6) is 2.55. The lowest BCUT2D eigenvalue weighted by molar-refractivity contribution is -0.117. The number of anilines is 3. The van der Waals surface area contributed by atoms with Gasteiger partial charge in [0.05, 0.1) is 0 Å². The predicted molar refractivity (Wildman–Crippen MR) is 123 cm³/mol. The van der Waals surface area contributed by atoms with E-state index >= 15 is 0 Å². The Bertz CT molecular complexity index is 1090. The van der Waals surface area contributed by atoms with Crippen molar-refractivity contribution in [2.75, 3.05) is 10.6 Å². The third kappa shape index (κ3) is 5.22. The molecular formula is C22H24N6OS2. The number of amides is 1. The van der Waals surface area contributed by atoms with Crippen molar-refractivity contribution in [3.05, 3.63) is 41.2 Å². The van der Waals surface area contributed by atoms with Gasteiger partial charge < -0.3 is 5.32 Å². The van der Waals surface area contributed by atoms with E-state index in [1.807, 2.05) is 30.5 Å². The van der Waals surface area contributed by atoms with Crippen LogP contribution in [0, 0.1) is 5.92 Å². The highest BCUT2D eigenvalue weighted by Gasteiger charge is 2.30. The van der Waals surface area contributed by atoms with Crippen molar-refractivity contribution in [1.82, 2.24) is 19.9 Å². The van der Waals surface area contributed by atoms with E-state index in [1.165, 1.54) is 16.6 Å². The van der Waals surface area contributed by atoms with Crippen LogP contribution in [0.2, 0.25) is 0 Å². The molecule has 2 N–H and O–H groups in total. The molecule has 2 saturated carbocycles. The van der Waals surface area contributed by atoms with E-state index in [0.717, 1.165) is 47.2 Å². The molecule has 0 atom stereocenters. The number of hydrogen-bond donors (Lipinski definition) is 2. The summed E-state index contributed by atoms with van der Waals surface area (Å²) < 4.78 is 0. The Labute approximate surface area is 189 Å². The molecule has 0 saturated heterocycles. The maximum absolute atomic E-state index is 11.9. The van der Waals surface area contributed by atoms with E-state index in [-0.39, 0.29) is 11.8 Å². The topological polar surface area (TPSA) is 92.7 Å². The van der Waals surface area contributed by atoms with E-state index in [4.69, 9.17) is 0 Å². The Morgan fingerprint density at radius 3 is 2.52 bits per heavy atom. The zero-order chi connectivity index (χ0) is 21.4. The summed E-state index contributed by atoms with van der Waals surface area (Å²) in [6, 6.07) is 7.81. The highest BCUT2D eigenvalue weighted by molar-refractivity contribution is 7.99. The third-order valence-electron chi connectivity index (χ3n) is 5.17. The summed E-state index contributed by atoms with van der Waals surface area (Å²) in [7, 11) is 0. The first-order valence-electron chi connectivity index (χ1n) is 10.6. The van der Waals surface area contributed by atoms with Crippen LogP contribution in [-0.4, -0.2) is 25.8 Å². The van der Waals surface area contributed by atoms with Gasteiger partial charge in [-0.05, 0) is 67.6 Å². The van der Waals surface area contributed by atoms with Gasteiger partial charge in [-0.25, -0.2) is 9.97 Å². The van der Waals surface area contributed by atoms with Crippen molar-refractivity contribution in [3.8, 4) is 0 Å². The van der Waals surface area contributed by atoms with Crippen LogP contribution in [0.1, 0.15) is 62.1 Å². The molecule has 0 radical (unpaired) electrons. The molecule has 2 aliphatic carbocycles. The summed E-state index contributed by atoms with van der Waals surface area (Å²) in [5, 5.41) is 7.68. The smallest absolute Gasteiger partial charge is 0.233 e. The van der Waals surface area contributed by atoms with E-state index in [9.17, 15) is 4.79 Å². The molecule has 1 aromatic carbocycles. The lowest BCUT2D eigenvalue weighted by Crippen LogP contribution is -2.12. The highest BCUT2D eigenvalue weighted by atomic mass is 32.2. The SMILES string of the molecule is CC(C)c1cnc(Nc2nc(Sc3ccc(NC(=O)C4CC4)cc3)nc(C3CC3)n2)s1. The maximum Gasteiger partial charge on any atom is 0.233 e. The van der Waals surface area contributed by atoms with Crippen LogP contribution in [0.5, 0.6) is 0 Å². The Hall–Kier alpha value is -2.52. The number of carbonyl (C=O) groups excluding carboxylic acids is 1. The second kappa shape index (κ2) is 8.55. The van der Waals surface area contributed by atoms with E-state index in [1.54, 1.807) is 11.3 Å². The van der Waals surface area contributed by atoms with Gasteiger partial charge >= 0.3 is 0 Å². The monoisotopic (exact) mass is 452 g/mol. The molecule has 5 rings (SSSR count). The highest BCUT2D eigenvalue weighted by Crippen LogP contribution is 2.39. The molecule has 2 heterocycles. The van der Waals surface area contributed by atoms with Crippen molar-refractivity contribution in [1.29, 1.82) is 0 Å². The second-order valence-corrected chi connectivity index (χ2v) is 10.4. The number of nitrogens with zero attached hydrogens (tertiary/aromatic N) is 4. The van der Waals surface area contributed by atoms with Crippen LogP contribution in [0.15, 0.2) is 40.5 Å². The molecule has 1 amide bonds. The molecule has 0 bridgehead atoms. The zero-order valence-electron chi connectivity index (χ0n) is 17.5. The fourth-order valence-corrected chi connectivity index (χ4v) is 4.57. The van der Waals surface area contributed by atoms with Crippen LogP contribution in [0.3, 0.4) is 0 Å². The summed E-state index contributed by atoms with van der Waals surface area (Å²) >= 11 is 3.12. The zero-order valence-corrected chi connectivity index (χ0v) is 19.1. The largest absolute Gasteiger partial charge is 0.326 e. The van der Waals surface area contributed by atoms with Gasteiger partial charge in [0.25, 0.3) is 0 Å². The first-order valence-corrected chi connectivity index (χ1v) is 12.2. The molecule has 0 aliphatic heterocycles. The van der Waals surface area contributed by atoms with Gasteiger partial charge in [0.1, 0.15) is 5.82 Å². The molecule has 160 valence electrons. The molecule has 2 aromatic heterocycles. The number of hydrogen-bond acceptors (Lipinski definition) is 8. The van der Waals surface area contributed by atoms with Gasteiger partial charge in [0.15, 0.2) is 10.3 Å². The Balaban J connectivity index is 1.31. The first-order chi connectivity index (χ1) is 15.0. The van der Waals surface area contributed by atoms with Crippen molar-refractivity contribution in [2.45, 2.75) is 61.4 Å². The van der Waals surface area contributed by atoms with Crippen LogP contribution in [-0.2, 0) is 4.79 Å². The molecule has 2 aliphatic rings. The maximum atomic E-state index is 11.9. The van der Waals surface area contributed by atoms with Crippen LogP contribution in [0.4, 0.5) is 16.8 Å². The summed E-state index contributed by atoms with van der Waals surface area (Å²) in [6.45, 7) is 4.31. The van der Waals surface area contributed by atoms with Crippen molar-refractivity contribution in [2.24, 2.45) is 5.92 Å². The van der Waals surface area contributed by atoms with Gasteiger partial charge in [-0.2, -0.15) is 9.97 Å². The average Bonchev–Trinajstić information content (AvgIpc) is 3.66. The quantitative estimate of drug-likeness (QED) is 0.461. The normalized spacial score (nSPS) is 15.8. The summed E-state index contributed by atoms with van der Waals surface area (Å²) in [5.41, 5.74) is 0.822.